The number of anilines is 4. The van der Waals surface area contributed by atoms with Crippen LogP contribution in [0.5, 0.6) is 5.75 Å². The standard InChI is InChI=1S/C22H31ClN6O3S/c1-3-29-11-6-12-32-20-13-15(9-10-19(20)29)25-22-24-14-16(23)21(27-22)26-17-7-4-5-8-18(17)28-33(2,30)31/h9-10,13-14,17-18,28H,3-8,11-12H2,1-2H3,(H2,24,25,26,27)/t17-,18-/m1/s1. The van der Waals surface area contributed by atoms with Gasteiger partial charge in [0.25, 0.3) is 0 Å². The summed E-state index contributed by atoms with van der Waals surface area (Å²) in [5, 5.41) is 6.95. The highest BCUT2D eigenvalue weighted by molar-refractivity contribution is 7.88. The van der Waals surface area contributed by atoms with E-state index in [1.807, 2.05) is 18.2 Å². The molecule has 2 aromatic rings. The maximum atomic E-state index is 11.8. The molecule has 2 aliphatic rings. The Morgan fingerprint density at radius 1 is 1.21 bits per heavy atom. The van der Waals surface area contributed by atoms with Gasteiger partial charge in [-0.25, -0.2) is 18.1 Å². The van der Waals surface area contributed by atoms with Gasteiger partial charge in [-0.3, -0.25) is 0 Å². The van der Waals surface area contributed by atoms with E-state index in [1.54, 1.807) is 6.20 Å². The summed E-state index contributed by atoms with van der Waals surface area (Å²) in [6.45, 7) is 4.72. The molecule has 2 heterocycles. The molecule has 3 N–H and O–H groups in total. The smallest absolute Gasteiger partial charge is 0.229 e. The van der Waals surface area contributed by atoms with Gasteiger partial charge >= 0.3 is 0 Å². The maximum absolute atomic E-state index is 11.8. The van der Waals surface area contributed by atoms with Gasteiger partial charge < -0.3 is 20.3 Å². The van der Waals surface area contributed by atoms with E-state index in [-0.39, 0.29) is 12.1 Å². The van der Waals surface area contributed by atoms with Crippen molar-refractivity contribution in [1.29, 1.82) is 0 Å². The van der Waals surface area contributed by atoms with E-state index in [0.29, 0.717) is 23.4 Å². The van der Waals surface area contributed by atoms with E-state index in [2.05, 4.69) is 37.1 Å². The summed E-state index contributed by atoms with van der Waals surface area (Å²) >= 11 is 6.36. The monoisotopic (exact) mass is 494 g/mol. The van der Waals surface area contributed by atoms with Crippen molar-refractivity contribution in [3.05, 3.63) is 29.4 Å². The SMILES string of the molecule is CCN1CCCOc2cc(Nc3ncc(Cl)c(N[C@@H]4CCCC[C@H]4NS(C)(=O)=O)n3)ccc21. The molecule has 0 spiro atoms. The average Bonchev–Trinajstić information content (AvgIpc) is 2.98. The van der Waals surface area contributed by atoms with E-state index in [4.69, 9.17) is 16.3 Å². The molecule has 2 atom stereocenters. The predicted octanol–water partition coefficient (Wildman–Crippen LogP) is 3.75. The number of benzene rings is 1. The molecule has 1 saturated carbocycles. The highest BCUT2D eigenvalue weighted by atomic mass is 35.5. The molecule has 0 bridgehead atoms. The molecular weight excluding hydrogens is 464 g/mol. The fraction of sp³-hybridized carbons (Fsp3) is 0.545. The van der Waals surface area contributed by atoms with Crippen molar-refractivity contribution in [2.75, 3.05) is 41.5 Å². The number of sulfonamides is 1. The van der Waals surface area contributed by atoms with Crippen molar-refractivity contribution in [1.82, 2.24) is 14.7 Å². The van der Waals surface area contributed by atoms with Crippen LogP contribution >= 0.6 is 11.6 Å². The predicted molar refractivity (Wildman–Crippen MR) is 132 cm³/mol. The molecule has 1 fully saturated rings. The van der Waals surface area contributed by atoms with E-state index < -0.39 is 10.0 Å². The van der Waals surface area contributed by atoms with Crippen LogP contribution in [0.2, 0.25) is 5.02 Å². The van der Waals surface area contributed by atoms with Gasteiger partial charge in [0, 0.05) is 36.9 Å². The quantitative estimate of drug-likeness (QED) is 0.534. The van der Waals surface area contributed by atoms with Crippen LogP contribution in [-0.4, -0.2) is 56.4 Å². The van der Waals surface area contributed by atoms with Gasteiger partial charge in [0.1, 0.15) is 10.8 Å². The van der Waals surface area contributed by atoms with Crippen LogP contribution in [0.25, 0.3) is 0 Å². The van der Waals surface area contributed by atoms with Crippen LogP contribution in [0.4, 0.5) is 23.1 Å². The van der Waals surface area contributed by atoms with Crippen LogP contribution in [-0.2, 0) is 10.0 Å². The molecule has 33 heavy (non-hydrogen) atoms. The molecule has 1 aromatic heterocycles. The van der Waals surface area contributed by atoms with Gasteiger partial charge in [-0.2, -0.15) is 4.98 Å². The minimum atomic E-state index is -3.31. The summed E-state index contributed by atoms with van der Waals surface area (Å²) in [6, 6.07) is 5.68. The van der Waals surface area contributed by atoms with Gasteiger partial charge in [0.2, 0.25) is 16.0 Å². The van der Waals surface area contributed by atoms with Gasteiger partial charge in [0.05, 0.1) is 24.7 Å². The summed E-state index contributed by atoms with van der Waals surface area (Å²) in [5.41, 5.74) is 1.90. The van der Waals surface area contributed by atoms with E-state index in [0.717, 1.165) is 62.3 Å². The number of rotatable bonds is 7. The summed E-state index contributed by atoms with van der Waals surface area (Å²) in [7, 11) is -3.31. The third-order valence-electron chi connectivity index (χ3n) is 5.97. The second-order valence-electron chi connectivity index (χ2n) is 8.51. The second kappa shape index (κ2) is 10.3. The average molecular weight is 495 g/mol. The largest absolute Gasteiger partial charge is 0.491 e. The first kappa shape index (κ1) is 23.8. The van der Waals surface area contributed by atoms with Crippen LogP contribution in [0.3, 0.4) is 0 Å². The van der Waals surface area contributed by atoms with Gasteiger partial charge in [0.15, 0.2) is 5.82 Å². The van der Waals surface area contributed by atoms with E-state index >= 15 is 0 Å². The topological polar surface area (TPSA) is 108 Å². The highest BCUT2D eigenvalue weighted by Crippen LogP contribution is 2.34. The number of hydrogen-bond acceptors (Lipinski definition) is 8. The molecule has 9 nitrogen and oxygen atoms in total. The van der Waals surface area contributed by atoms with E-state index in [9.17, 15) is 8.42 Å². The maximum Gasteiger partial charge on any atom is 0.229 e. The Balaban J connectivity index is 1.51. The molecule has 11 heteroatoms. The molecular formula is C22H31ClN6O3S. The number of nitrogens with one attached hydrogen (secondary N) is 3. The summed E-state index contributed by atoms with van der Waals surface area (Å²) in [5.74, 6) is 1.71. The Kier molecular flexibility index (Phi) is 7.45. The Morgan fingerprint density at radius 3 is 2.76 bits per heavy atom. The minimum Gasteiger partial charge on any atom is -0.491 e. The Morgan fingerprint density at radius 2 is 2.00 bits per heavy atom. The van der Waals surface area contributed by atoms with Crippen molar-refractivity contribution in [2.45, 2.75) is 51.1 Å². The zero-order valence-corrected chi connectivity index (χ0v) is 20.5. The molecule has 0 saturated heterocycles. The lowest BCUT2D eigenvalue weighted by Crippen LogP contribution is -2.48. The third-order valence-corrected chi connectivity index (χ3v) is 6.97. The van der Waals surface area contributed by atoms with Crippen LogP contribution < -0.4 is 25.0 Å². The lowest BCUT2D eigenvalue weighted by molar-refractivity contribution is 0.322. The normalized spacial score (nSPS) is 21.0. The molecule has 0 unspecified atom stereocenters. The van der Waals surface area contributed by atoms with Crippen LogP contribution in [0.15, 0.2) is 24.4 Å². The van der Waals surface area contributed by atoms with Crippen molar-refractivity contribution < 1.29 is 13.2 Å². The number of fused-ring (bicyclic) bond motifs is 1. The van der Waals surface area contributed by atoms with Gasteiger partial charge in [-0.1, -0.05) is 24.4 Å². The first-order valence-electron chi connectivity index (χ1n) is 11.4. The second-order valence-corrected chi connectivity index (χ2v) is 10.7. The number of hydrogen-bond donors (Lipinski definition) is 3. The summed E-state index contributed by atoms with van der Waals surface area (Å²) < 4.78 is 32.2. The third kappa shape index (κ3) is 6.18. The van der Waals surface area contributed by atoms with Crippen molar-refractivity contribution in [2.24, 2.45) is 0 Å². The number of aromatic nitrogens is 2. The number of ether oxygens (including phenoxy) is 1. The Bertz CT molecular complexity index is 1080. The van der Waals surface area contributed by atoms with Crippen molar-refractivity contribution >= 4 is 44.8 Å². The lowest BCUT2D eigenvalue weighted by atomic mass is 9.91. The molecule has 1 aliphatic carbocycles. The zero-order valence-electron chi connectivity index (χ0n) is 19.0. The fourth-order valence-electron chi connectivity index (χ4n) is 4.41. The van der Waals surface area contributed by atoms with Gasteiger partial charge in [-0.05, 0) is 38.3 Å². The number of nitrogens with zero attached hydrogens (tertiary/aromatic N) is 3. The first-order valence-corrected chi connectivity index (χ1v) is 13.6. The Labute approximate surface area is 200 Å². The molecule has 0 radical (unpaired) electrons. The molecule has 1 aromatic carbocycles. The molecule has 1 aliphatic heterocycles. The Hall–Kier alpha value is -2.30. The van der Waals surface area contributed by atoms with Crippen molar-refractivity contribution in [3.8, 4) is 5.75 Å². The van der Waals surface area contributed by atoms with Crippen molar-refractivity contribution in [3.63, 3.8) is 0 Å². The highest BCUT2D eigenvalue weighted by Gasteiger charge is 2.28. The lowest BCUT2D eigenvalue weighted by Gasteiger charge is -2.32. The van der Waals surface area contributed by atoms with Gasteiger partial charge in [-0.15, -0.1) is 0 Å². The van der Waals surface area contributed by atoms with E-state index in [1.165, 1.54) is 6.26 Å². The number of halogens is 1. The zero-order chi connectivity index (χ0) is 23.4. The molecule has 0 amide bonds. The fourth-order valence-corrected chi connectivity index (χ4v) is 5.39. The van der Waals surface area contributed by atoms with Crippen LogP contribution in [0, 0.1) is 0 Å². The molecule has 4 rings (SSSR count). The van der Waals surface area contributed by atoms with Crippen LogP contribution in [0.1, 0.15) is 39.0 Å². The summed E-state index contributed by atoms with van der Waals surface area (Å²) in [6.07, 6.45) is 7.29. The summed E-state index contributed by atoms with van der Waals surface area (Å²) in [4.78, 5) is 11.2. The molecule has 180 valence electrons. The minimum absolute atomic E-state index is 0.102. The first-order chi connectivity index (χ1) is 15.8.